The van der Waals surface area contributed by atoms with E-state index in [0.717, 1.165) is 37.7 Å². The van der Waals surface area contributed by atoms with Crippen molar-refractivity contribution in [3.05, 3.63) is 23.8 Å². The van der Waals surface area contributed by atoms with Crippen LogP contribution in [0.3, 0.4) is 0 Å². The Balaban J connectivity index is 1.84. The molecular formula is C16H22N2O3. The maximum atomic E-state index is 11.9. The van der Waals surface area contributed by atoms with Gasteiger partial charge in [-0.25, -0.2) is 0 Å². The second-order valence-electron chi connectivity index (χ2n) is 5.90. The highest BCUT2D eigenvalue weighted by Gasteiger charge is 2.48. The third-order valence-corrected chi connectivity index (χ3v) is 4.42. The molecule has 1 unspecified atom stereocenters. The molecule has 114 valence electrons. The van der Waals surface area contributed by atoms with Crippen molar-refractivity contribution in [2.45, 2.75) is 57.3 Å². The summed E-state index contributed by atoms with van der Waals surface area (Å²) in [6.07, 6.45) is 11.8. The van der Waals surface area contributed by atoms with Crippen molar-refractivity contribution in [3.63, 3.8) is 0 Å². The molecular weight excluding hydrogens is 268 g/mol. The first-order chi connectivity index (χ1) is 10.1. The molecule has 1 amide bonds. The molecule has 1 saturated carbocycles. The second-order valence-corrected chi connectivity index (χ2v) is 5.90. The Morgan fingerprint density at radius 3 is 2.86 bits per heavy atom. The molecule has 5 heteroatoms. The average Bonchev–Trinajstić information content (AvgIpc) is 2.87. The average molecular weight is 290 g/mol. The normalized spacial score (nSPS) is 27.3. The van der Waals surface area contributed by atoms with E-state index in [1.807, 2.05) is 18.2 Å². The molecule has 5 nitrogen and oxygen atoms in total. The zero-order valence-electron chi connectivity index (χ0n) is 12.7. The smallest absolute Gasteiger partial charge is 0.243 e. The maximum Gasteiger partial charge on any atom is 0.243 e. The lowest BCUT2D eigenvalue weighted by atomic mass is 9.91. The lowest BCUT2D eigenvalue weighted by Gasteiger charge is -2.37. The topological polar surface area (TPSA) is 51.1 Å². The van der Waals surface area contributed by atoms with Gasteiger partial charge in [0.2, 0.25) is 17.5 Å². The first kappa shape index (κ1) is 14.3. The summed E-state index contributed by atoms with van der Waals surface area (Å²) in [7, 11) is 1.69. The number of carbonyl (C=O) groups is 1. The van der Waals surface area contributed by atoms with E-state index in [9.17, 15) is 4.79 Å². The summed E-state index contributed by atoms with van der Waals surface area (Å²) in [6, 6.07) is 0. The third-order valence-electron chi connectivity index (χ3n) is 4.42. The Morgan fingerprint density at radius 2 is 2.19 bits per heavy atom. The quantitative estimate of drug-likeness (QED) is 0.785. The van der Waals surface area contributed by atoms with E-state index in [2.05, 4.69) is 5.10 Å². The van der Waals surface area contributed by atoms with E-state index in [1.165, 1.54) is 6.42 Å². The van der Waals surface area contributed by atoms with Crippen LogP contribution in [-0.4, -0.2) is 35.8 Å². The van der Waals surface area contributed by atoms with Crippen molar-refractivity contribution in [2.24, 2.45) is 5.10 Å². The summed E-state index contributed by atoms with van der Waals surface area (Å²) in [5.41, 5.74) is 0.447. The van der Waals surface area contributed by atoms with Gasteiger partial charge in [-0.3, -0.25) is 4.79 Å². The predicted molar refractivity (Wildman–Crippen MR) is 79.5 cm³/mol. The molecule has 1 fully saturated rings. The lowest BCUT2D eigenvalue weighted by molar-refractivity contribution is -0.151. The Kier molecular flexibility index (Phi) is 3.85. The molecule has 1 spiro atoms. The minimum atomic E-state index is -0.552. The number of allylic oxidation sites excluding steroid dienone is 2. The van der Waals surface area contributed by atoms with E-state index >= 15 is 0 Å². The maximum absolute atomic E-state index is 11.9. The minimum Gasteiger partial charge on any atom is -0.448 e. The molecule has 1 aliphatic heterocycles. The Morgan fingerprint density at radius 1 is 1.43 bits per heavy atom. The molecule has 0 saturated heterocycles. The largest absolute Gasteiger partial charge is 0.448 e. The van der Waals surface area contributed by atoms with Gasteiger partial charge in [0.05, 0.1) is 6.10 Å². The van der Waals surface area contributed by atoms with Crippen LogP contribution in [0.2, 0.25) is 0 Å². The highest BCUT2D eigenvalue weighted by atomic mass is 16.6. The van der Waals surface area contributed by atoms with Crippen molar-refractivity contribution in [2.75, 3.05) is 7.11 Å². The van der Waals surface area contributed by atoms with Gasteiger partial charge in [-0.2, -0.15) is 5.01 Å². The number of methoxy groups -OCH3 is 1. The Hall–Kier alpha value is -1.62. The number of carbonyl (C=O) groups excluding carboxylic acids is 1. The van der Waals surface area contributed by atoms with Crippen LogP contribution >= 0.6 is 0 Å². The molecule has 0 bridgehead atoms. The highest BCUT2D eigenvalue weighted by molar-refractivity contribution is 5.96. The van der Waals surface area contributed by atoms with Crippen molar-refractivity contribution in [1.82, 2.24) is 5.01 Å². The molecule has 2 aliphatic carbocycles. The van der Waals surface area contributed by atoms with Crippen LogP contribution < -0.4 is 0 Å². The second kappa shape index (κ2) is 5.64. The van der Waals surface area contributed by atoms with Gasteiger partial charge in [-0.15, -0.1) is 5.10 Å². The minimum absolute atomic E-state index is 0.0463. The van der Waals surface area contributed by atoms with Crippen molar-refractivity contribution < 1.29 is 14.3 Å². The van der Waals surface area contributed by atoms with Crippen molar-refractivity contribution in [1.29, 1.82) is 0 Å². The summed E-state index contributed by atoms with van der Waals surface area (Å²) in [4.78, 5) is 11.9. The molecule has 0 aromatic carbocycles. The summed E-state index contributed by atoms with van der Waals surface area (Å²) < 4.78 is 11.6. The fourth-order valence-corrected chi connectivity index (χ4v) is 3.30. The highest BCUT2D eigenvalue weighted by Crippen LogP contribution is 2.40. The fourth-order valence-electron chi connectivity index (χ4n) is 3.30. The SMILES string of the molecule is COC1C=CC=C(C2=NN(C(C)=O)C3(CCCCC3)O2)C1. The van der Waals surface area contributed by atoms with Gasteiger partial charge in [0, 0.05) is 38.9 Å². The van der Waals surface area contributed by atoms with Gasteiger partial charge in [-0.05, 0) is 12.8 Å². The molecule has 1 atom stereocenters. The molecule has 0 aromatic rings. The number of ether oxygens (including phenoxy) is 2. The van der Waals surface area contributed by atoms with E-state index < -0.39 is 5.72 Å². The van der Waals surface area contributed by atoms with Crippen LogP contribution in [0.25, 0.3) is 0 Å². The number of hydrogen-bond donors (Lipinski definition) is 0. The molecule has 21 heavy (non-hydrogen) atoms. The monoisotopic (exact) mass is 290 g/mol. The van der Waals surface area contributed by atoms with Crippen LogP contribution in [0.4, 0.5) is 0 Å². The Bertz CT molecular complexity index is 516. The first-order valence-corrected chi connectivity index (χ1v) is 7.63. The summed E-state index contributed by atoms with van der Waals surface area (Å²) in [5.74, 6) is 0.528. The van der Waals surface area contributed by atoms with Gasteiger partial charge >= 0.3 is 0 Å². The van der Waals surface area contributed by atoms with Crippen LogP contribution in [0.1, 0.15) is 45.4 Å². The standard InChI is InChI=1S/C16H22N2O3/c1-12(19)18-16(9-4-3-5-10-16)21-15(17-18)13-7-6-8-14(11-13)20-2/h6-8,14H,3-5,9-11H2,1-2H3. The van der Waals surface area contributed by atoms with Crippen LogP contribution in [-0.2, 0) is 14.3 Å². The number of nitrogens with zero attached hydrogens (tertiary/aromatic N) is 2. The summed E-state index contributed by atoms with van der Waals surface area (Å²) in [6.45, 7) is 1.55. The molecule has 1 heterocycles. The van der Waals surface area contributed by atoms with Gasteiger partial charge in [-0.1, -0.05) is 24.6 Å². The Labute approximate surface area is 125 Å². The lowest BCUT2D eigenvalue weighted by Crippen LogP contribution is -2.48. The van der Waals surface area contributed by atoms with E-state index in [4.69, 9.17) is 9.47 Å². The molecule has 3 rings (SSSR count). The van der Waals surface area contributed by atoms with Gasteiger partial charge in [0.25, 0.3) is 0 Å². The zero-order chi connectivity index (χ0) is 14.9. The van der Waals surface area contributed by atoms with Gasteiger partial charge in [0.1, 0.15) is 0 Å². The van der Waals surface area contributed by atoms with Gasteiger partial charge in [0.15, 0.2) is 0 Å². The number of hydrogen-bond acceptors (Lipinski definition) is 4. The number of rotatable bonds is 2. The predicted octanol–water partition coefficient (Wildman–Crippen LogP) is 2.74. The van der Waals surface area contributed by atoms with E-state index in [-0.39, 0.29) is 12.0 Å². The summed E-state index contributed by atoms with van der Waals surface area (Å²) >= 11 is 0. The number of hydrazone groups is 1. The molecule has 0 radical (unpaired) electrons. The fraction of sp³-hybridized carbons (Fsp3) is 0.625. The van der Waals surface area contributed by atoms with Crippen molar-refractivity contribution >= 4 is 11.8 Å². The summed E-state index contributed by atoms with van der Waals surface area (Å²) in [5, 5.41) is 6.04. The third kappa shape index (κ3) is 2.62. The van der Waals surface area contributed by atoms with Crippen LogP contribution in [0.15, 0.2) is 28.9 Å². The first-order valence-electron chi connectivity index (χ1n) is 7.63. The molecule has 3 aliphatic rings. The number of amides is 1. The van der Waals surface area contributed by atoms with Gasteiger partial charge < -0.3 is 9.47 Å². The van der Waals surface area contributed by atoms with E-state index in [1.54, 1.807) is 19.0 Å². The molecule has 0 N–H and O–H groups in total. The van der Waals surface area contributed by atoms with E-state index in [0.29, 0.717) is 5.90 Å². The van der Waals surface area contributed by atoms with Crippen molar-refractivity contribution in [3.8, 4) is 0 Å². The van der Waals surface area contributed by atoms with Crippen LogP contribution in [0.5, 0.6) is 0 Å². The zero-order valence-corrected chi connectivity index (χ0v) is 12.7. The van der Waals surface area contributed by atoms with Crippen LogP contribution in [0, 0.1) is 0 Å². The molecule has 0 aromatic heterocycles.